The molecule has 24 heavy (non-hydrogen) atoms. The molecule has 1 unspecified atom stereocenters. The van der Waals surface area contributed by atoms with E-state index in [1.54, 1.807) is 33.0 Å². The molecule has 0 aliphatic heterocycles. The fraction of sp³-hybridized carbons (Fsp3) is 0.312. The molecule has 0 radical (unpaired) electrons. The molecule has 0 aliphatic carbocycles. The van der Waals surface area contributed by atoms with Gasteiger partial charge in [-0.25, -0.2) is 12.8 Å². The van der Waals surface area contributed by atoms with Crippen molar-refractivity contribution in [2.24, 2.45) is 12.8 Å². The van der Waals surface area contributed by atoms with Crippen LogP contribution in [-0.4, -0.2) is 29.7 Å². The van der Waals surface area contributed by atoms with Crippen LogP contribution in [0.3, 0.4) is 0 Å². The lowest BCUT2D eigenvalue weighted by atomic mass is 10.1. The summed E-state index contributed by atoms with van der Waals surface area (Å²) in [6, 6.07) is 6.46. The van der Waals surface area contributed by atoms with Gasteiger partial charge in [0.05, 0.1) is 0 Å². The second kappa shape index (κ2) is 6.74. The summed E-state index contributed by atoms with van der Waals surface area (Å²) in [5.74, 6) is -1.08. The first kappa shape index (κ1) is 18.2. The van der Waals surface area contributed by atoms with Crippen molar-refractivity contribution in [1.29, 1.82) is 0 Å². The van der Waals surface area contributed by atoms with Crippen molar-refractivity contribution in [3.63, 3.8) is 0 Å². The van der Waals surface area contributed by atoms with E-state index in [-0.39, 0.29) is 23.0 Å². The number of carbonyl (C=O) groups is 1. The average molecular weight is 353 g/mol. The molecule has 0 bridgehead atoms. The molecule has 8 heteroatoms. The van der Waals surface area contributed by atoms with Crippen LogP contribution < -0.4 is 5.73 Å². The number of halogens is 1. The van der Waals surface area contributed by atoms with Crippen molar-refractivity contribution < 1.29 is 17.6 Å². The van der Waals surface area contributed by atoms with E-state index in [9.17, 15) is 17.6 Å². The maximum atomic E-state index is 13.1. The summed E-state index contributed by atoms with van der Waals surface area (Å²) in [6.45, 7) is 3.67. The Morgan fingerprint density at radius 1 is 1.33 bits per heavy atom. The van der Waals surface area contributed by atoms with Crippen molar-refractivity contribution in [3.8, 4) is 0 Å². The molecular formula is C16H20FN3O3S. The number of aryl methyl sites for hydroxylation is 1. The molecule has 0 saturated heterocycles. The Balaban J connectivity index is 2.42. The monoisotopic (exact) mass is 353 g/mol. The second-order valence-electron chi connectivity index (χ2n) is 5.47. The lowest BCUT2D eigenvalue weighted by Crippen LogP contribution is -2.33. The van der Waals surface area contributed by atoms with Crippen molar-refractivity contribution in [1.82, 2.24) is 8.87 Å². The zero-order chi connectivity index (χ0) is 18.1. The molecule has 1 amide bonds. The third-order valence-corrected chi connectivity index (χ3v) is 5.95. The Labute approximate surface area is 140 Å². The van der Waals surface area contributed by atoms with Gasteiger partial charge in [0, 0.05) is 25.8 Å². The molecule has 6 nitrogen and oxygen atoms in total. The van der Waals surface area contributed by atoms with Crippen LogP contribution in [0.4, 0.5) is 4.39 Å². The van der Waals surface area contributed by atoms with Gasteiger partial charge in [-0.05, 0) is 30.7 Å². The smallest absolute Gasteiger partial charge is 0.265 e. The fourth-order valence-electron chi connectivity index (χ4n) is 2.62. The van der Waals surface area contributed by atoms with Gasteiger partial charge in [0.1, 0.15) is 16.4 Å². The number of nitrogens with two attached hydrogens (primary N) is 1. The van der Waals surface area contributed by atoms with Gasteiger partial charge in [0.2, 0.25) is 10.0 Å². The van der Waals surface area contributed by atoms with Crippen LogP contribution in [0.2, 0.25) is 0 Å². The zero-order valence-electron chi connectivity index (χ0n) is 13.7. The topological polar surface area (TPSA) is 85.4 Å². The minimum absolute atomic E-state index is 0.00499. The van der Waals surface area contributed by atoms with Gasteiger partial charge in [0.25, 0.3) is 5.91 Å². The number of primary amides is 1. The number of hydrogen-bond donors (Lipinski definition) is 1. The van der Waals surface area contributed by atoms with Gasteiger partial charge in [-0.2, -0.15) is 4.31 Å². The highest BCUT2D eigenvalue weighted by Crippen LogP contribution is 2.28. The predicted molar refractivity (Wildman–Crippen MR) is 88.3 cm³/mol. The van der Waals surface area contributed by atoms with Crippen molar-refractivity contribution in [2.45, 2.75) is 24.8 Å². The van der Waals surface area contributed by atoms with Crippen molar-refractivity contribution >= 4 is 15.9 Å². The molecule has 130 valence electrons. The standard InChI is InChI=1S/C16H20FN3O3S/c1-4-20(11(2)12-5-7-13(17)8-6-12)24(22,23)14-9-15(16(18)21)19(3)10-14/h5-11H,4H2,1-3H3,(H2,18,21). The normalized spacial score (nSPS) is 13.2. The Kier molecular flexibility index (Phi) is 5.10. The molecular weight excluding hydrogens is 333 g/mol. The first-order valence-electron chi connectivity index (χ1n) is 7.42. The number of amides is 1. The van der Waals surface area contributed by atoms with E-state index in [0.29, 0.717) is 5.56 Å². The number of aromatic nitrogens is 1. The summed E-state index contributed by atoms with van der Waals surface area (Å²) in [4.78, 5) is 11.3. The van der Waals surface area contributed by atoms with Crippen molar-refractivity contribution in [3.05, 3.63) is 53.6 Å². The van der Waals surface area contributed by atoms with Crippen LogP contribution in [0.15, 0.2) is 41.4 Å². The van der Waals surface area contributed by atoms with E-state index in [0.717, 1.165) is 0 Å². The van der Waals surface area contributed by atoms with Gasteiger partial charge in [0.15, 0.2) is 0 Å². The largest absolute Gasteiger partial charge is 0.364 e. The third-order valence-electron chi connectivity index (χ3n) is 3.93. The summed E-state index contributed by atoms with van der Waals surface area (Å²) in [5.41, 5.74) is 6.03. The van der Waals surface area contributed by atoms with E-state index in [1.165, 1.54) is 33.3 Å². The Morgan fingerprint density at radius 2 is 1.92 bits per heavy atom. The van der Waals surface area contributed by atoms with E-state index >= 15 is 0 Å². The highest BCUT2D eigenvalue weighted by atomic mass is 32.2. The molecule has 1 aromatic heterocycles. The minimum Gasteiger partial charge on any atom is -0.364 e. The Morgan fingerprint density at radius 3 is 2.38 bits per heavy atom. The molecule has 2 aromatic rings. The van der Waals surface area contributed by atoms with Gasteiger partial charge in [-0.15, -0.1) is 0 Å². The minimum atomic E-state index is -3.83. The number of rotatable bonds is 6. The maximum Gasteiger partial charge on any atom is 0.265 e. The third kappa shape index (κ3) is 3.34. The molecule has 0 spiro atoms. The number of benzene rings is 1. The highest BCUT2D eigenvalue weighted by Gasteiger charge is 2.30. The SMILES string of the molecule is CCN(C(C)c1ccc(F)cc1)S(=O)(=O)c1cc(C(N)=O)n(C)c1. The van der Waals surface area contributed by atoms with Gasteiger partial charge >= 0.3 is 0 Å². The van der Waals surface area contributed by atoms with Gasteiger partial charge in [-0.3, -0.25) is 4.79 Å². The first-order valence-corrected chi connectivity index (χ1v) is 8.86. The fourth-order valence-corrected chi connectivity index (χ4v) is 4.32. The molecule has 1 heterocycles. The van der Waals surface area contributed by atoms with Crippen LogP contribution in [0, 0.1) is 5.82 Å². The first-order chi connectivity index (χ1) is 11.2. The van der Waals surface area contributed by atoms with Crippen LogP contribution in [0.25, 0.3) is 0 Å². The molecule has 2 N–H and O–H groups in total. The summed E-state index contributed by atoms with van der Waals surface area (Å²) in [5, 5.41) is 0. The van der Waals surface area contributed by atoms with Crippen molar-refractivity contribution in [2.75, 3.05) is 6.54 Å². The van der Waals surface area contributed by atoms with E-state index in [1.807, 2.05) is 0 Å². The molecule has 1 atom stereocenters. The van der Waals surface area contributed by atoms with Crippen LogP contribution in [0.5, 0.6) is 0 Å². The second-order valence-corrected chi connectivity index (χ2v) is 7.36. The lowest BCUT2D eigenvalue weighted by molar-refractivity contribution is 0.0992. The molecule has 2 rings (SSSR count). The Bertz CT molecular complexity index is 844. The zero-order valence-corrected chi connectivity index (χ0v) is 14.5. The average Bonchev–Trinajstić information content (AvgIpc) is 2.91. The predicted octanol–water partition coefficient (Wildman–Crippen LogP) is 2.03. The number of sulfonamides is 1. The highest BCUT2D eigenvalue weighted by molar-refractivity contribution is 7.89. The molecule has 0 saturated carbocycles. The van der Waals surface area contributed by atoms with E-state index in [2.05, 4.69) is 0 Å². The summed E-state index contributed by atoms with van der Waals surface area (Å²) >= 11 is 0. The number of nitrogens with zero attached hydrogens (tertiary/aromatic N) is 2. The molecule has 0 aliphatic rings. The van der Waals surface area contributed by atoms with Gasteiger partial charge < -0.3 is 10.3 Å². The molecule has 1 aromatic carbocycles. The number of hydrogen-bond acceptors (Lipinski definition) is 3. The van der Waals surface area contributed by atoms with Crippen LogP contribution in [0.1, 0.15) is 35.9 Å². The summed E-state index contributed by atoms with van der Waals surface area (Å²) in [6.07, 6.45) is 1.36. The summed E-state index contributed by atoms with van der Waals surface area (Å²) in [7, 11) is -2.28. The maximum absolute atomic E-state index is 13.1. The van der Waals surface area contributed by atoms with E-state index < -0.39 is 22.0 Å². The Hall–Kier alpha value is -2.19. The van der Waals surface area contributed by atoms with Crippen LogP contribution in [-0.2, 0) is 17.1 Å². The van der Waals surface area contributed by atoms with Gasteiger partial charge in [-0.1, -0.05) is 19.1 Å². The summed E-state index contributed by atoms with van der Waals surface area (Å²) < 4.78 is 41.6. The van der Waals surface area contributed by atoms with E-state index in [4.69, 9.17) is 5.73 Å². The number of carbonyl (C=O) groups excluding carboxylic acids is 1. The lowest BCUT2D eigenvalue weighted by Gasteiger charge is -2.27. The quantitative estimate of drug-likeness (QED) is 0.862. The van der Waals surface area contributed by atoms with Crippen LogP contribution >= 0.6 is 0 Å². The molecule has 0 fully saturated rings.